The average Bonchev–Trinajstić information content (AvgIpc) is 2.76. The normalized spacial score (nSPS) is 10.5. The van der Waals surface area contributed by atoms with Gasteiger partial charge in [0.25, 0.3) is 0 Å². The van der Waals surface area contributed by atoms with Crippen molar-refractivity contribution < 1.29 is 42.1 Å². The number of rotatable bonds is 11. The van der Waals surface area contributed by atoms with Crippen molar-refractivity contribution >= 4 is 17.5 Å². The molecule has 0 aliphatic rings. The van der Waals surface area contributed by atoms with Gasteiger partial charge in [0.05, 0.1) is 26.2 Å². The Balaban J connectivity index is 1.92. The standard InChI is InChI=1S/C22H22F2O7/c1-13-4-7-18(31-22(23)24)15(10-13)17(26)12-30-21(27)9-6-16(25)14-5-8-19(28-2)20(11-14)29-3/h4-5,7-8,10-11,22H,6,9,12H2,1-3H3. The van der Waals surface area contributed by atoms with Crippen molar-refractivity contribution in [1.82, 2.24) is 0 Å². The van der Waals surface area contributed by atoms with Crippen LogP contribution < -0.4 is 14.2 Å². The third-order valence-corrected chi connectivity index (χ3v) is 4.28. The summed E-state index contributed by atoms with van der Waals surface area (Å²) in [7, 11) is 2.91. The number of halogens is 2. The Morgan fingerprint density at radius 1 is 0.871 bits per heavy atom. The monoisotopic (exact) mass is 436 g/mol. The molecule has 2 aromatic rings. The lowest BCUT2D eigenvalue weighted by Crippen LogP contribution is -2.17. The van der Waals surface area contributed by atoms with Gasteiger partial charge in [-0.2, -0.15) is 8.78 Å². The summed E-state index contributed by atoms with van der Waals surface area (Å²) in [6.07, 6.45) is -0.401. The van der Waals surface area contributed by atoms with E-state index in [1.807, 2.05) is 0 Å². The topological polar surface area (TPSA) is 88.1 Å². The first kappa shape index (κ1) is 23.8. The lowest BCUT2D eigenvalue weighted by Gasteiger charge is -2.11. The van der Waals surface area contributed by atoms with Crippen molar-refractivity contribution in [3.05, 3.63) is 53.1 Å². The molecule has 0 saturated carbocycles. The summed E-state index contributed by atoms with van der Waals surface area (Å²) in [6.45, 7) is -2.08. The highest BCUT2D eigenvalue weighted by atomic mass is 19.3. The molecule has 0 spiro atoms. The van der Waals surface area contributed by atoms with Crippen molar-refractivity contribution in [3.8, 4) is 17.2 Å². The van der Waals surface area contributed by atoms with Crippen LogP contribution in [0.2, 0.25) is 0 Å². The summed E-state index contributed by atoms with van der Waals surface area (Å²) in [4.78, 5) is 36.5. The van der Waals surface area contributed by atoms with Crippen LogP contribution in [-0.4, -0.2) is 45.0 Å². The molecule has 0 aliphatic carbocycles. The van der Waals surface area contributed by atoms with Gasteiger partial charge >= 0.3 is 12.6 Å². The van der Waals surface area contributed by atoms with Crippen molar-refractivity contribution in [2.75, 3.05) is 20.8 Å². The molecule has 0 bridgehead atoms. The predicted molar refractivity (Wildman–Crippen MR) is 106 cm³/mol. The van der Waals surface area contributed by atoms with E-state index in [1.165, 1.54) is 38.5 Å². The lowest BCUT2D eigenvalue weighted by molar-refractivity contribution is -0.142. The molecule has 9 heteroatoms. The second-order valence-electron chi connectivity index (χ2n) is 6.45. The summed E-state index contributed by atoms with van der Waals surface area (Å²) in [5, 5.41) is 0. The van der Waals surface area contributed by atoms with Crippen LogP contribution in [0, 0.1) is 6.92 Å². The molecule has 0 atom stereocenters. The molecule has 0 amide bonds. The van der Waals surface area contributed by atoms with Crippen LogP contribution in [0.4, 0.5) is 8.78 Å². The highest BCUT2D eigenvalue weighted by Gasteiger charge is 2.19. The average molecular weight is 436 g/mol. The summed E-state index contributed by atoms with van der Waals surface area (Å²) >= 11 is 0. The number of hydrogen-bond acceptors (Lipinski definition) is 7. The van der Waals surface area contributed by atoms with Crippen LogP contribution >= 0.6 is 0 Å². The van der Waals surface area contributed by atoms with E-state index >= 15 is 0 Å². The lowest BCUT2D eigenvalue weighted by atomic mass is 10.1. The Kier molecular flexibility index (Phi) is 8.48. The van der Waals surface area contributed by atoms with Crippen molar-refractivity contribution in [1.29, 1.82) is 0 Å². The molecule has 2 rings (SSSR count). The number of hydrogen-bond donors (Lipinski definition) is 0. The third kappa shape index (κ3) is 6.77. The minimum absolute atomic E-state index is 0.116. The van der Waals surface area contributed by atoms with Gasteiger partial charge in [-0.25, -0.2) is 0 Å². The first-order valence-electron chi connectivity index (χ1n) is 9.24. The van der Waals surface area contributed by atoms with Gasteiger partial charge in [-0.15, -0.1) is 0 Å². The van der Waals surface area contributed by atoms with Crippen LogP contribution in [0.15, 0.2) is 36.4 Å². The van der Waals surface area contributed by atoms with Crippen LogP contribution in [-0.2, 0) is 9.53 Å². The first-order valence-corrected chi connectivity index (χ1v) is 9.24. The van der Waals surface area contributed by atoms with Gasteiger partial charge in [-0.05, 0) is 37.3 Å². The highest BCUT2D eigenvalue weighted by molar-refractivity contribution is 6.01. The summed E-state index contributed by atoms with van der Waals surface area (Å²) in [6, 6.07) is 8.75. The summed E-state index contributed by atoms with van der Waals surface area (Å²) in [5.41, 5.74) is 0.862. The van der Waals surface area contributed by atoms with E-state index in [4.69, 9.17) is 14.2 Å². The van der Waals surface area contributed by atoms with E-state index in [2.05, 4.69) is 4.74 Å². The first-order chi connectivity index (χ1) is 14.7. The minimum atomic E-state index is -3.10. The van der Waals surface area contributed by atoms with Gasteiger partial charge in [0, 0.05) is 12.0 Å². The van der Waals surface area contributed by atoms with E-state index < -0.39 is 25.0 Å². The molecule has 0 heterocycles. The predicted octanol–water partition coefficient (Wildman–Crippen LogP) is 4.00. The van der Waals surface area contributed by atoms with Gasteiger partial charge < -0.3 is 18.9 Å². The zero-order valence-corrected chi connectivity index (χ0v) is 17.3. The number of Topliss-reactive ketones (excluding diaryl/α,β-unsaturated/α-hetero) is 2. The number of ether oxygens (including phenoxy) is 4. The number of esters is 1. The minimum Gasteiger partial charge on any atom is -0.493 e. The molecular weight excluding hydrogens is 414 g/mol. The third-order valence-electron chi connectivity index (χ3n) is 4.28. The van der Waals surface area contributed by atoms with E-state index in [0.29, 0.717) is 22.6 Å². The van der Waals surface area contributed by atoms with E-state index in [1.54, 1.807) is 19.1 Å². The second-order valence-corrected chi connectivity index (χ2v) is 6.45. The zero-order chi connectivity index (χ0) is 23.0. The Hall–Kier alpha value is -3.49. The molecule has 166 valence electrons. The second kappa shape index (κ2) is 11.1. The zero-order valence-electron chi connectivity index (χ0n) is 17.3. The number of methoxy groups -OCH3 is 2. The maximum absolute atomic E-state index is 12.5. The van der Waals surface area contributed by atoms with Crippen molar-refractivity contribution in [2.45, 2.75) is 26.4 Å². The summed E-state index contributed by atoms with van der Waals surface area (Å²) in [5.74, 6) is -1.25. The number of ketones is 2. The fraction of sp³-hybridized carbons (Fsp3) is 0.318. The molecule has 0 saturated heterocycles. The van der Waals surface area contributed by atoms with Crippen molar-refractivity contribution in [3.63, 3.8) is 0 Å². The Labute approximate surface area is 177 Å². The highest BCUT2D eigenvalue weighted by Crippen LogP contribution is 2.28. The maximum Gasteiger partial charge on any atom is 0.387 e. The van der Waals surface area contributed by atoms with E-state index in [-0.39, 0.29) is 29.9 Å². The molecule has 0 fully saturated rings. The Bertz CT molecular complexity index is 957. The maximum atomic E-state index is 12.5. The molecule has 2 aromatic carbocycles. The Morgan fingerprint density at radius 2 is 1.55 bits per heavy atom. The molecule has 0 radical (unpaired) electrons. The van der Waals surface area contributed by atoms with E-state index in [9.17, 15) is 23.2 Å². The fourth-order valence-corrected chi connectivity index (χ4v) is 2.73. The van der Waals surface area contributed by atoms with Crippen LogP contribution in [0.25, 0.3) is 0 Å². The van der Waals surface area contributed by atoms with Gasteiger partial charge in [0.2, 0.25) is 5.78 Å². The van der Waals surface area contributed by atoms with Gasteiger partial charge in [0.1, 0.15) is 5.75 Å². The number of carbonyl (C=O) groups is 3. The molecule has 0 aromatic heterocycles. The van der Waals surface area contributed by atoms with Crippen LogP contribution in [0.5, 0.6) is 17.2 Å². The van der Waals surface area contributed by atoms with Gasteiger partial charge in [-0.3, -0.25) is 14.4 Å². The summed E-state index contributed by atoms with van der Waals surface area (Å²) < 4.78 is 44.5. The molecule has 0 aliphatic heterocycles. The number of aryl methyl sites for hydroxylation is 1. The molecule has 7 nitrogen and oxygen atoms in total. The van der Waals surface area contributed by atoms with Gasteiger partial charge in [-0.1, -0.05) is 11.6 Å². The van der Waals surface area contributed by atoms with E-state index in [0.717, 1.165) is 0 Å². The SMILES string of the molecule is COc1ccc(C(=O)CCC(=O)OCC(=O)c2cc(C)ccc2OC(F)F)cc1OC. The van der Waals surface area contributed by atoms with Crippen LogP contribution in [0.1, 0.15) is 39.1 Å². The Morgan fingerprint density at radius 3 is 2.19 bits per heavy atom. The largest absolute Gasteiger partial charge is 0.493 e. The number of benzene rings is 2. The molecule has 0 N–H and O–H groups in total. The molecule has 31 heavy (non-hydrogen) atoms. The molecular formula is C22H22F2O7. The number of alkyl halides is 2. The fourth-order valence-electron chi connectivity index (χ4n) is 2.73. The number of carbonyl (C=O) groups excluding carboxylic acids is 3. The molecule has 0 unspecified atom stereocenters. The van der Waals surface area contributed by atoms with Crippen LogP contribution in [0.3, 0.4) is 0 Å². The van der Waals surface area contributed by atoms with Gasteiger partial charge in [0.15, 0.2) is 23.9 Å². The van der Waals surface area contributed by atoms with Crippen molar-refractivity contribution in [2.24, 2.45) is 0 Å². The smallest absolute Gasteiger partial charge is 0.387 e. The quantitative estimate of drug-likeness (QED) is 0.389.